The van der Waals surface area contributed by atoms with Crippen LogP contribution in [0.25, 0.3) is 22.5 Å². The number of hydrogen-bond acceptors (Lipinski definition) is 6. The summed E-state index contributed by atoms with van der Waals surface area (Å²) in [7, 11) is 0. The molecule has 0 atom stereocenters. The van der Waals surface area contributed by atoms with Crippen LogP contribution >= 0.6 is 0 Å². The monoisotopic (exact) mass is 496 g/mol. The molecule has 0 unspecified atom stereocenters. The molecule has 2 aromatic carbocycles. The quantitative estimate of drug-likeness (QED) is 0.241. The summed E-state index contributed by atoms with van der Waals surface area (Å²) in [5.74, 6) is 1.41. The Morgan fingerprint density at radius 2 is 1.65 bits per heavy atom. The lowest BCUT2D eigenvalue weighted by Gasteiger charge is -2.14. The van der Waals surface area contributed by atoms with Crippen molar-refractivity contribution in [2.45, 2.75) is 58.5 Å². The zero-order chi connectivity index (χ0) is 26.0. The Hall–Kier alpha value is -3.93. The van der Waals surface area contributed by atoms with Crippen molar-refractivity contribution in [2.75, 3.05) is 6.61 Å². The molecule has 37 heavy (non-hydrogen) atoms. The van der Waals surface area contributed by atoms with Crippen LogP contribution in [0.15, 0.2) is 71.5 Å². The number of hydrogen-bond donors (Lipinski definition) is 0. The van der Waals surface area contributed by atoms with Crippen molar-refractivity contribution in [2.24, 2.45) is 0 Å². The van der Waals surface area contributed by atoms with Gasteiger partial charge in [-0.05, 0) is 68.9 Å². The van der Waals surface area contributed by atoms with Gasteiger partial charge in [0, 0.05) is 23.7 Å². The number of aryl methyl sites for hydroxylation is 1. The lowest BCUT2D eigenvalue weighted by atomic mass is 9.93. The van der Waals surface area contributed by atoms with Crippen LogP contribution < -0.4 is 4.74 Å². The van der Waals surface area contributed by atoms with E-state index in [9.17, 15) is 4.79 Å². The van der Waals surface area contributed by atoms with E-state index in [4.69, 9.17) is 14.0 Å². The van der Waals surface area contributed by atoms with Crippen molar-refractivity contribution in [1.82, 2.24) is 10.1 Å². The number of pyridine rings is 1. The average Bonchev–Trinajstić information content (AvgIpc) is 3.63. The molecule has 5 rings (SSSR count). The lowest BCUT2D eigenvalue weighted by Crippen LogP contribution is -2.23. The summed E-state index contributed by atoms with van der Waals surface area (Å²) in [5, 5.41) is 4.24. The summed E-state index contributed by atoms with van der Waals surface area (Å²) in [5.41, 5.74) is 6.68. The molecule has 0 amide bonds. The zero-order valence-electron chi connectivity index (χ0n) is 21.8. The zero-order valence-corrected chi connectivity index (χ0v) is 21.8. The van der Waals surface area contributed by atoms with E-state index in [1.807, 2.05) is 40.0 Å². The topological polar surface area (TPSA) is 74.5 Å². The highest BCUT2D eigenvalue weighted by molar-refractivity contribution is 5.87. The Kier molecular flexibility index (Phi) is 6.83. The van der Waals surface area contributed by atoms with Gasteiger partial charge in [0.2, 0.25) is 0 Å². The van der Waals surface area contributed by atoms with Gasteiger partial charge in [0.05, 0.1) is 30.0 Å². The maximum atomic E-state index is 12.4. The van der Waals surface area contributed by atoms with Gasteiger partial charge in [-0.15, -0.1) is 0 Å². The van der Waals surface area contributed by atoms with E-state index in [0.717, 1.165) is 63.4 Å². The minimum Gasteiger partial charge on any atom is -0.489 e. The van der Waals surface area contributed by atoms with E-state index in [-0.39, 0.29) is 12.1 Å². The Morgan fingerprint density at radius 3 is 2.27 bits per heavy atom. The predicted molar refractivity (Wildman–Crippen MR) is 142 cm³/mol. The molecule has 1 aliphatic carbocycles. The smallest absolute Gasteiger partial charge is 0.316 e. The third kappa shape index (κ3) is 5.15. The maximum Gasteiger partial charge on any atom is 0.316 e. The highest BCUT2D eigenvalue weighted by Gasteiger charge is 2.52. The third-order valence-electron chi connectivity index (χ3n) is 6.84. The molecule has 4 aromatic rings. The first-order chi connectivity index (χ1) is 17.9. The molecule has 0 N–H and O–H groups in total. The second-order valence-corrected chi connectivity index (χ2v) is 9.91. The van der Waals surface area contributed by atoms with Gasteiger partial charge < -0.3 is 14.0 Å². The second kappa shape index (κ2) is 10.2. The Morgan fingerprint density at radius 1 is 1.00 bits per heavy atom. The summed E-state index contributed by atoms with van der Waals surface area (Å²) in [6.45, 7) is 8.22. The van der Waals surface area contributed by atoms with Crippen molar-refractivity contribution >= 4 is 5.97 Å². The number of ether oxygens (including phenoxy) is 2. The van der Waals surface area contributed by atoms with Crippen LogP contribution in [0, 0.1) is 6.92 Å². The standard InChI is InChI=1S/C31H32N2O4/c1-5-35-30(34)31(14-15-31)26-12-10-24(11-13-26)23-6-8-25(9-7-23)29-28(21(4)33-37-29)17-22-16-27(19-32-18-22)36-20(2)3/h6-13,16,18-20H,5,14-15,17H2,1-4H3. The molecule has 0 saturated heterocycles. The molecule has 0 bridgehead atoms. The number of esters is 1. The average molecular weight is 497 g/mol. The fourth-order valence-corrected chi connectivity index (χ4v) is 4.73. The van der Waals surface area contributed by atoms with Gasteiger partial charge in [-0.2, -0.15) is 0 Å². The SMILES string of the molecule is CCOC(=O)C1(c2ccc(-c3ccc(-c4onc(C)c4Cc4cncc(OC(C)C)c4)cc3)cc2)CC1. The van der Waals surface area contributed by atoms with Gasteiger partial charge in [-0.1, -0.05) is 53.7 Å². The summed E-state index contributed by atoms with van der Waals surface area (Å²) < 4.78 is 16.9. The number of carbonyl (C=O) groups is 1. The maximum absolute atomic E-state index is 12.4. The van der Waals surface area contributed by atoms with E-state index in [0.29, 0.717) is 13.0 Å². The normalized spacial score (nSPS) is 14.0. The van der Waals surface area contributed by atoms with Crippen LogP contribution in [-0.4, -0.2) is 28.8 Å². The summed E-state index contributed by atoms with van der Waals surface area (Å²) in [6.07, 6.45) is 6.03. The Bertz CT molecular complexity index is 1380. The number of nitrogens with zero attached hydrogens (tertiary/aromatic N) is 2. The summed E-state index contributed by atoms with van der Waals surface area (Å²) in [4.78, 5) is 16.8. The van der Waals surface area contributed by atoms with Crippen LogP contribution in [0.3, 0.4) is 0 Å². The minimum atomic E-state index is -0.450. The first-order valence-electron chi connectivity index (χ1n) is 12.8. The van der Waals surface area contributed by atoms with Crippen molar-refractivity contribution in [1.29, 1.82) is 0 Å². The van der Waals surface area contributed by atoms with Gasteiger partial charge in [0.15, 0.2) is 5.76 Å². The van der Waals surface area contributed by atoms with Crippen molar-refractivity contribution in [3.05, 3.63) is 89.4 Å². The summed E-state index contributed by atoms with van der Waals surface area (Å²) >= 11 is 0. The van der Waals surface area contributed by atoms with E-state index in [1.165, 1.54) is 0 Å². The molecular formula is C31H32N2O4. The van der Waals surface area contributed by atoms with Crippen LogP contribution in [0.5, 0.6) is 5.75 Å². The van der Waals surface area contributed by atoms with Crippen molar-refractivity contribution in [3.63, 3.8) is 0 Å². The van der Waals surface area contributed by atoms with Gasteiger partial charge in [-0.25, -0.2) is 0 Å². The molecule has 190 valence electrons. The predicted octanol–water partition coefficient (Wildman–Crippen LogP) is 6.68. The van der Waals surface area contributed by atoms with Crippen molar-refractivity contribution < 1.29 is 18.8 Å². The molecule has 6 heteroatoms. The van der Waals surface area contributed by atoms with Gasteiger partial charge in [-0.3, -0.25) is 9.78 Å². The molecular weight excluding hydrogens is 464 g/mol. The number of aromatic nitrogens is 2. The molecule has 2 aromatic heterocycles. The Labute approximate surface area is 217 Å². The molecule has 1 fully saturated rings. The minimum absolute atomic E-state index is 0.0899. The van der Waals surface area contributed by atoms with Crippen molar-refractivity contribution in [3.8, 4) is 28.2 Å². The number of benzene rings is 2. The largest absolute Gasteiger partial charge is 0.489 e. The highest BCUT2D eigenvalue weighted by atomic mass is 16.5. The van der Waals surface area contributed by atoms with Gasteiger partial charge >= 0.3 is 5.97 Å². The lowest BCUT2D eigenvalue weighted by molar-refractivity contribution is -0.146. The highest BCUT2D eigenvalue weighted by Crippen LogP contribution is 2.49. The number of carbonyl (C=O) groups excluding carboxylic acids is 1. The van der Waals surface area contributed by atoms with Crippen LogP contribution in [-0.2, 0) is 21.4 Å². The van der Waals surface area contributed by atoms with Crippen LogP contribution in [0.4, 0.5) is 0 Å². The molecule has 0 spiro atoms. The molecule has 0 radical (unpaired) electrons. The fraction of sp³-hybridized carbons (Fsp3) is 0.323. The van der Waals surface area contributed by atoms with Gasteiger partial charge in [0.1, 0.15) is 5.75 Å². The fourth-order valence-electron chi connectivity index (χ4n) is 4.73. The van der Waals surface area contributed by atoms with E-state index in [1.54, 1.807) is 6.20 Å². The molecule has 0 aliphatic heterocycles. The van der Waals surface area contributed by atoms with E-state index in [2.05, 4.69) is 58.7 Å². The molecule has 6 nitrogen and oxygen atoms in total. The Balaban J connectivity index is 1.34. The first kappa shape index (κ1) is 24.8. The first-order valence-corrected chi connectivity index (χ1v) is 12.8. The third-order valence-corrected chi connectivity index (χ3v) is 6.84. The summed E-state index contributed by atoms with van der Waals surface area (Å²) in [6, 6.07) is 18.6. The molecule has 1 aliphatic rings. The van der Waals surface area contributed by atoms with Crippen LogP contribution in [0.2, 0.25) is 0 Å². The van der Waals surface area contributed by atoms with E-state index < -0.39 is 5.41 Å². The van der Waals surface area contributed by atoms with Crippen LogP contribution in [0.1, 0.15) is 56.0 Å². The van der Waals surface area contributed by atoms with E-state index >= 15 is 0 Å². The molecule has 2 heterocycles. The molecule has 1 saturated carbocycles. The van der Waals surface area contributed by atoms with Gasteiger partial charge in [0.25, 0.3) is 0 Å². The second-order valence-electron chi connectivity index (χ2n) is 9.91. The number of rotatable bonds is 9.